The SMILES string of the molecule is CC[C@H](C)[C@@H]([C@@H](CC(=O)N1CCC[C@H]1C)OC)N(C)C(=O)[C@@H](NC=O)C(C)C. The monoisotopic (exact) mass is 397 g/mol. The maximum atomic E-state index is 13.1. The highest BCUT2D eigenvalue weighted by atomic mass is 16.5. The van der Waals surface area contributed by atoms with Crippen molar-refractivity contribution in [3.8, 4) is 0 Å². The zero-order valence-electron chi connectivity index (χ0n) is 18.6. The standard InChI is InChI=1S/C21H39N3O4/c1-8-15(4)20(23(6)21(27)19(14(2)3)22-13-25)17(28-7)12-18(26)24-11-9-10-16(24)5/h13-17,19-20H,8-12H2,1-7H3,(H,22,25)/t15-,16+,17+,19-,20-/m0/s1. The average Bonchev–Trinajstić information content (AvgIpc) is 3.10. The Kier molecular flexibility index (Phi) is 9.93. The molecule has 7 heteroatoms. The van der Waals surface area contributed by atoms with Gasteiger partial charge in [-0.15, -0.1) is 0 Å². The first-order chi connectivity index (χ1) is 13.2. The zero-order chi connectivity index (χ0) is 21.4. The molecule has 0 saturated carbocycles. The highest BCUT2D eigenvalue weighted by Gasteiger charge is 2.38. The predicted molar refractivity (Wildman–Crippen MR) is 110 cm³/mol. The van der Waals surface area contributed by atoms with E-state index in [0.717, 1.165) is 25.8 Å². The maximum Gasteiger partial charge on any atom is 0.245 e. The second-order valence-electron chi connectivity index (χ2n) is 8.39. The van der Waals surface area contributed by atoms with E-state index in [4.69, 9.17) is 4.74 Å². The van der Waals surface area contributed by atoms with Gasteiger partial charge in [-0.1, -0.05) is 34.1 Å². The number of hydrogen-bond acceptors (Lipinski definition) is 4. The second kappa shape index (κ2) is 11.4. The maximum absolute atomic E-state index is 13.1. The Labute approximate surface area is 170 Å². The van der Waals surface area contributed by atoms with Crippen LogP contribution in [0.25, 0.3) is 0 Å². The largest absolute Gasteiger partial charge is 0.379 e. The van der Waals surface area contributed by atoms with Gasteiger partial charge in [0.05, 0.1) is 18.6 Å². The molecular weight excluding hydrogens is 358 g/mol. The fraction of sp³-hybridized carbons (Fsp3) is 0.857. The molecule has 0 aliphatic carbocycles. The van der Waals surface area contributed by atoms with E-state index in [9.17, 15) is 14.4 Å². The van der Waals surface area contributed by atoms with Crippen molar-refractivity contribution in [3.05, 3.63) is 0 Å². The van der Waals surface area contributed by atoms with Gasteiger partial charge in [0.15, 0.2) is 0 Å². The molecule has 1 aliphatic heterocycles. The Bertz CT molecular complexity index is 526. The topological polar surface area (TPSA) is 79.0 Å². The number of likely N-dealkylation sites (N-methyl/N-ethyl adjacent to an activating group) is 1. The molecule has 0 aromatic heterocycles. The molecule has 162 valence electrons. The number of nitrogens with zero attached hydrogens (tertiary/aromatic N) is 2. The molecule has 28 heavy (non-hydrogen) atoms. The van der Waals surface area contributed by atoms with Crippen LogP contribution >= 0.6 is 0 Å². The first-order valence-electron chi connectivity index (χ1n) is 10.5. The minimum Gasteiger partial charge on any atom is -0.379 e. The van der Waals surface area contributed by atoms with E-state index < -0.39 is 12.1 Å². The van der Waals surface area contributed by atoms with E-state index in [-0.39, 0.29) is 42.2 Å². The summed E-state index contributed by atoms with van der Waals surface area (Å²) in [6.07, 6.45) is 3.34. The minimum absolute atomic E-state index is 0.0363. The minimum atomic E-state index is -0.596. The Balaban J connectivity index is 3.03. The predicted octanol–water partition coefficient (Wildman–Crippen LogP) is 2.05. The molecule has 1 heterocycles. The highest BCUT2D eigenvalue weighted by Crippen LogP contribution is 2.25. The molecular formula is C21H39N3O4. The lowest BCUT2D eigenvalue weighted by Gasteiger charge is -2.40. The Hall–Kier alpha value is -1.63. The number of hydrogen-bond donors (Lipinski definition) is 1. The third kappa shape index (κ3) is 5.93. The van der Waals surface area contributed by atoms with Gasteiger partial charge >= 0.3 is 0 Å². The smallest absolute Gasteiger partial charge is 0.245 e. The molecule has 3 amide bonds. The van der Waals surface area contributed by atoms with Crippen molar-refractivity contribution in [1.29, 1.82) is 0 Å². The van der Waals surface area contributed by atoms with Gasteiger partial charge in [-0.25, -0.2) is 0 Å². The van der Waals surface area contributed by atoms with Crippen LogP contribution in [0.2, 0.25) is 0 Å². The number of amides is 3. The van der Waals surface area contributed by atoms with Crippen molar-refractivity contribution in [3.63, 3.8) is 0 Å². The van der Waals surface area contributed by atoms with E-state index >= 15 is 0 Å². The summed E-state index contributed by atoms with van der Waals surface area (Å²) in [5.41, 5.74) is 0. The number of carbonyl (C=O) groups is 3. The molecule has 1 saturated heterocycles. The lowest BCUT2D eigenvalue weighted by molar-refractivity contribution is -0.145. The average molecular weight is 398 g/mol. The third-order valence-corrected chi connectivity index (χ3v) is 6.13. The molecule has 0 unspecified atom stereocenters. The summed E-state index contributed by atoms with van der Waals surface area (Å²) in [5, 5.41) is 2.64. The second-order valence-corrected chi connectivity index (χ2v) is 8.39. The number of ether oxygens (including phenoxy) is 1. The van der Waals surface area contributed by atoms with Gasteiger partial charge in [-0.3, -0.25) is 14.4 Å². The summed E-state index contributed by atoms with van der Waals surface area (Å²) < 4.78 is 5.74. The van der Waals surface area contributed by atoms with Gasteiger partial charge in [-0.2, -0.15) is 0 Å². The molecule has 1 aliphatic rings. The van der Waals surface area contributed by atoms with E-state index in [1.165, 1.54) is 0 Å². The van der Waals surface area contributed by atoms with Crippen molar-refractivity contribution >= 4 is 18.2 Å². The molecule has 0 aromatic rings. The Morgan fingerprint density at radius 2 is 1.96 bits per heavy atom. The molecule has 0 bridgehead atoms. The van der Waals surface area contributed by atoms with Crippen molar-refractivity contribution < 1.29 is 19.1 Å². The lowest BCUT2D eigenvalue weighted by atomic mass is 9.89. The van der Waals surface area contributed by atoms with Gasteiger partial charge in [0.25, 0.3) is 0 Å². The van der Waals surface area contributed by atoms with Crippen molar-refractivity contribution in [2.75, 3.05) is 20.7 Å². The van der Waals surface area contributed by atoms with Crippen LogP contribution in [0.15, 0.2) is 0 Å². The van der Waals surface area contributed by atoms with Crippen LogP contribution in [-0.2, 0) is 19.1 Å². The molecule has 7 nitrogen and oxygen atoms in total. The molecule has 0 spiro atoms. The van der Waals surface area contributed by atoms with Gasteiger partial charge < -0.3 is 19.9 Å². The van der Waals surface area contributed by atoms with Gasteiger partial charge in [0.2, 0.25) is 18.2 Å². The fourth-order valence-electron chi connectivity index (χ4n) is 4.16. The molecule has 1 fully saturated rings. The van der Waals surface area contributed by atoms with Crippen molar-refractivity contribution in [2.24, 2.45) is 11.8 Å². The molecule has 0 aromatic carbocycles. The number of likely N-dealkylation sites (tertiary alicyclic amines) is 1. The summed E-state index contributed by atoms with van der Waals surface area (Å²) in [4.78, 5) is 40.5. The number of nitrogens with one attached hydrogen (secondary N) is 1. The lowest BCUT2D eigenvalue weighted by Crippen LogP contribution is -2.56. The third-order valence-electron chi connectivity index (χ3n) is 6.13. The normalized spacial score (nSPS) is 21.1. The molecule has 1 rings (SSSR count). The first kappa shape index (κ1) is 24.4. The van der Waals surface area contributed by atoms with Gasteiger partial charge in [0.1, 0.15) is 6.04 Å². The highest BCUT2D eigenvalue weighted by molar-refractivity contribution is 5.84. The molecule has 0 radical (unpaired) electrons. The summed E-state index contributed by atoms with van der Waals surface area (Å²) in [6, 6.07) is -0.589. The summed E-state index contributed by atoms with van der Waals surface area (Å²) in [6.45, 7) is 10.8. The van der Waals surface area contributed by atoms with Crippen molar-refractivity contribution in [1.82, 2.24) is 15.1 Å². The van der Waals surface area contributed by atoms with E-state index in [2.05, 4.69) is 26.1 Å². The fourth-order valence-corrected chi connectivity index (χ4v) is 4.16. The van der Waals surface area contributed by atoms with Gasteiger partial charge in [-0.05, 0) is 31.6 Å². The van der Waals surface area contributed by atoms with Gasteiger partial charge in [0, 0.05) is 26.7 Å². The molecule has 1 N–H and O–H groups in total. The van der Waals surface area contributed by atoms with E-state index in [0.29, 0.717) is 6.41 Å². The van der Waals surface area contributed by atoms with Crippen LogP contribution in [0, 0.1) is 11.8 Å². The van der Waals surface area contributed by atoms with E-state index in [1.54, 1.807) is 19.1 Å². The van der Waals surface area contributed by atoms with Crippen LogP contribution < -0.4 is 5.32 Å². The summed E-state index contributed by atoms with van der Waals surface area (Å²) >= 11 is 0. The Morgan fingerprint density at radius 3 is 2.39 bits per heavy atom. The van der Waals surface area contributed by atoms with Crippen LogP contribution in [0.1, 0.15) is 60.3 Å². The molecule has 5 atom stereocenters. The van der Waals surface area contributed by atoms with Crippen LogP contribution in [0.3, 0.4) is 0 Å². The van der Waals surface area contributed by atoms with Crippen molar-refractivity contribution in [2.45, 2.75) is 84.5 Å². The van der Waals surface area contributed by atoms with Crippen LogP contribution in [0.4, 0.5) is 0 Å². The Morgan fingerprint density at radius 1 is 1.32 bits per heavy atom. The van der Waals surface area contributed by atoms with E-state index in [1.807, 2.05) is 18.7 Å². The summed E-state index contributed by atoms with van der Waals surface area (Å²) in [7, 11) is 3.35. The summed E-state index contributed by atoms with van der Waals surface area (Å²) in [5.74, 6) is 0.0337. The van der Waals surface area contributed by atoms with Crippen LogP contribution in [0.5, 0.6) is 0 Å². The van der Waals surface area contributed by atoms with Crippen LogP contribution in [-0.4, -0.2) is 73.0 Å². The number of rotatable bonds is 11. The quantitative estimate of drug-likeness (QED) is 0.541. The number of carbonyl (C=O) groups excluding carboxylic acids is 3. The zero-order valence-corrected chi connectivity index (χ0v) is 18.6. The number of methoxy groups -OCH3 is 1. The first-order valence-corrected chi connectivity index (χ1v) is 10.5.